The van der Waals surface area contributed by atoms with E-state index in [4.69, 9.17) is 10.5 Å². The lowest BCUT2D eigenvalue weighted by molar-refractivity contribution is -0.133. The van der Waals surface area contributed by atoms with E-state index in [1.165, 1.54) is 7.11 Å². The zero-order chi connectivity index (χ0) is 9.84. The number of hydrogen-bond acceptors (Lipinski definition) is 4. The van der Waals surface area contributed by atoms with Crippen molar-refractivity contribution in [1.82, 2.24) is 4.90 Å². The summed E-state index contributed by atoms with van der Waals surface area (Å²) in [5.41, 5.74) is 5.56. The zero-order valence-electron chi connectivity index (χ0n) is 7.77. The molecule has 76 valence electrons. The molecule has 1 rings (SSSR count). The number of methoxy groups -OCH3 is 1. The number of carbonyl (C=O) groups is 1. The van der Waals surface area contributed by atoms with Gasteiger partial charge in [0.1, 0.15) is 6.04 Å². The van der Waals surface area contributed by atoms with Crippen LogP contribution in [0.4, 0.5) is 0 Å². The number of nitrogens with zero attached hydrogens (tertiary/aromatic N) is 1. The Morgan fingerprint density at radius 2 is 2.54 bits per heavy atom. The summed E-state index contributed by atoms with van der Waals surface area (Å²) in [6.45, 7) is 1.22. The molecule has 0 aromatic heterocycles. The Morgan fingerprint density at radius 1 is 1.85 bits per heavy atom. The summed E-state index contributed by atoms with van der Waals surface area (Å²) in [5.74, 6) is -0.140. The molecule has 0 aliphatic carbocycles. The Bertz CT molecular complexity index is 186. The summed E-state index contributed by atoms with van der Waals surface area (Å²) in [4.78, 5) is 13.1. The highest BCUT2D eigenvalue weighted by molar-refractivity contribution is 5.82. The molecule has 0 saturated carbocycles. The number of amides is 1. The highest BCUT2D eigenvalue weighted by Crippen LogP contribution is 2.09. The van der Waals surface area contributed by atoms with Crippen LogP contribution in [0, 0.1) is 0 Å². The van der Waals surface area contributed by atoms with Crippen molar-refractivity contribution >= 4 is 5.91 Å². The van der Waals surface area contributed by atoms with Crippen molar-refractivity contribution in [1.29, 1.82) is 0 Å². The predicted octanol–water partition coefficient (Wildman–Crippen LogP) is -1.45. The second kappa shape index (κ2) is 4.55. The normalized spacial score (nSPS) is 24.8. The number of ether oxygens (including phenoxy) is 1. The van der Waals surface area contributed by atoms with E-state index < -0.39 is 12.1 Å². The third-order valence-corrected chi connectivity index (χ3v) is 2.14. The molecule has 1 unspecified atom stereocenters. The highest BCUT2D eigenvalue weighted by Gasteiger charge is 2.27. The van der Waals surface area contributed by atoms with Gasteiger partial charge in [-0.2, -0.15) is 0 Å². The number of aliphatic hydroxyl groups excluding tert-OH is 1. The maximum absolute atomic E-state index is 11.5. The SMILES string of the molecule is COCC(N)C(=O)N1CC[C@H](O)C1. The van der Waals surface area contributed by atoms with Crippen molar-refractivity contribution in [2.75, 3.05) is 26.8 Å². The Morgan fingerprint density at radius 3 is 3.00 bits per heavy atom. The van der Waals surface area contributed by atoms with Gasteiger partial charge in [-0.05, 0) is 6.42 Å². The van der Waals surface area contributed by atoms with Gasteiger partial charge in [0, 0.05) is 20.2 Å². The molecule has 5 nitrogen and oxygen atoms in total. The molecule has 0 aromatic carbocycles. The van der Waals surface area contributed by atoms with Gasteiger partial charge in [-0.1, -0.05) is 0 Å². The lowest BCUT2D eigenvalue weighted by Crippen LogP contribution is -2.45. The molecule has 0 aromatic rings. The van der Waals surface area contributed by atoms with Crippen molar-refractivity contribution in [2.45, 2.75) is 18.6 Å². The number of likely N-dealkylation sites (tertiary alicyclic amines) is 1. The van der Waals surface area contributed by atoms with Crippen LogP contribution in [0.5, 0.6) is 0 Å². The van der Waals surface area contributed by atoms with Crippen LogP contribution in [0.2, 0.25) is 0 Å². The smallest absolute Gasteiger partial charge is 0.241 e. The van der Waals surface area contributed by atoms with E-state index in [0.29, 0.717) is 19.5 Å². The van der Waals surface area contributed by atoms with E-state index in [9.17, 15) is 9.90 Å². The quantitative estimate of drug-likeness (QED) is 0.568. The third kappa shape index (κ3) is 2.65. The number of hydrogen-bond donors (Lipinski definition) is 2. The first-order valence-corrected chi connectivity index (χ1v) is 4.36. The molecule has 5 heteroatoms. The van der Waals surface area contributed by atoms with Crippen LogP contribution in [0.3, 0.4) is 0 Å². The molecule has 3 N–H and O–H groups in total. The number of β-amino-alcohol motifs (C(OH)–C–C–N with tert-alkyl or cyclic N) is 1. The van der Waals surface area contributed by atoms with Gasteiger partial charge in [0.2, 0.25) is 5.91 Å². The van der Waals surface area contributed by atoms with Gasteiger partial charge in [-0.25, -0.2) is 0 Å². The summed E-state index contributed by atoms with van der Waals surface area (Å²) >= 11 is 0. The van der Waals surface area contributed by atoms with E-state index in [1.807, 2.05) is 0 Å². The van der Waals surface area contributed by atoms with Crippen LogP contribution in [0.15, 0.2) is 0 Å². The van der Waals surface area contributed by atoms with Gasteiger partial charge >= 0.3 is 0 Å². The van der Waals surface area contributed by atoms with Crippen LogP contribution in [0.25, 0.3) is 0 Å². The molecule has 0 bridgehead atoms. The highest BCUT2D eigenvalue weighted by atomic mass is 16.5. The van der Waals surface area contributed by atoms with Gasteiger partial charge in [0.25, 0.3) is 0 Å². The number of rotatable bonds is 3. The molecule has 2 atom stereocenters. The number of nitrogens with two attached hydrogens (primary N) is 1. The monoisotopic (exact) mass is 188 g/mol. The number of aliphatic hydroxyl groups is 1. The molecule has 1 saturated heterocycles. The van der Waals surface area contributed by atoms with Crippen LogP contribution >= 0.6 is 0 Å². The van der Waals surface area contributed by atoms with E-state index in [-0.39, 0.29) is 12.5 Å². The van der Waals surface area contributed by atoms with Crippen molar-refractivity contribution < 1.29 is 14.6 Å². The number of carbonyl (C=O) groups excluding carboxylic acids is 1. The summed E-state index contributed by atoms with van der Waals surface area (Å²) in [6, 6.07) is -0.602. The third-order valence-electron chi connectivity index (χ3n) is 2.14. The predicted molar refractivity (Wildman–Crippen MR) is 47.1 cm³/mol. The maximum Gasteiger partial charge on any atom is 0.241 e. The fourth-order valence-corrected chi connectivity index (χ4v) is 1.43. The second-order valence-electron chi connectivity index (χ2n) is 3.29. The first-order chi connectivity index (χ1) is 6.15. The molecular formula is C8H16N2O3. The summed E-state index contributed by atoms with van der Waals surface area (Å²) in [7, 11) is 1.51. The molecular weight excluding hydrogens is 172 g/mol. The van der Waals surface area contributed by atoms with Crippen molar-refractivity contribution in [2.24, 2.45) is 5.73 Å². The van der Waals surface area contributed by atoms with E-state index in [2.05, 4.69) is 0 Å². The minimum absolute atomic E-state index is 0.140. The Hall–Kier alpha value is -0.650. The van der Waals surface area contributed by atoms with Crippen LogP contribution in [-0.2, 0) is 9.53 Å². The van der Waals surface area contributed by atoms with Crippen molar-refractivity contribution in [3.8, 4) is 0 Å². The minimum atomic E-state index is -0.602. The first-order valence-electron chi connectivity index (χ1n) is 4.36. The minimum Gasteiger partial charge on any atom is -0.391 e. The fourth-order valence-electron chi connectivity index (χ4n) is 1.43. The lowest BCUT2D eigenvalue weighted by atomic mass is 10.3. The van der Waals surface area contributed by atoms with Gasteiger partial charge in [0.15, 0.2) is 0 Å². The topological polar surface area (TPSA) is 75.8 Å². The molecule has 0 radical (unpaired) electrons. The molecule has 1 heterocycles. The van der Waals surface area contributed by atoms with Crippen molar-refractivity contribution in [3.05, 3.63) is 0 Å². The van der Waals surface area contributed by atoms with Crippen molar-refractivity contribution in [3.63, 3.8) is 0 Å². The van der Waals surface area contributed by atoms with E-state index in [1.54, 1.807) is 4.90 Å². The summed E-state index contributed by atoms with van der Waals surface area (Å²) < 4.78 is 4.78. The average Bonchev–Trinajstić information content (AvgIpc) is 2.51. The Kier molecular flexibility index (Phi) is 3.65. The van der Waals surface area contributed by atoms with Gasteiger partial charge in [-0.3, -0.25) is 4.79 Å². The van der Waals surface area contributed by atoms with E-state index >= 15 is 0 Å². The maximum atomic E-state index is 11.5. The second-order valence-corrected chi connectivity index (χ2v) is 3.29. The van der Waals surface area contributed by atoms with Gasteiger partial charge in [-0.15, -0.1) is 0 Å². The molecule has 1 aliphatic rings. The largest absolute Gasteiger partial charge is 0.391 e. The van der Waals surface area contributed by atoms with Crippen LogP contribution in [0.1, 0.15) is 6.42 Å². The van der Waals surface area contributed by atoms with Gasteiger partial charge < -0.3 is 20.5 Å². The first kappa shape index (κ1) is 10.4. The Labute approximate surface area is 77.5 Å². The zero-order valence-corrected chi connectivity index (χ0v) is 7.77. The average molecular weight is 188 g/mol. The summed E-state index contributed by atoms with van der Waals surface area (Å²) in [6.07, 6.45) is 0.254. The Balaban J connectivity index is 2.38. The molecule has 1 amide bonds. The molecule has 1 aliphatic heterocycles. The van der Waals surface area contributed by atoms with Crippen LogP contribution < -0.4 is 5.73 Å². The molecule has 1 fully saturated rings. The van der Waals surface area contributed by atoms with Gasteiger partial charge in [0.05, 0.1) is 12.7 Å². The lowest BCUT2D eigenvalue weighted by Gasteiger charge is -2.19. The molecule has 0 spiro atoms. The fraction of sp³-hybridized carbons (Fsp3) is 0.875. The standard InChI is InChI=1S/C8H16N2O3/c1-13-5-7(9)8(12)10-3-2-6(11)4-10/h6-7,11H,2-5,9H2,1H3/t6-,7?/m0/s1. The molecule has 13 heavy (non-hydrogen) atoms. The van der Waals surface area contributed by atoms with E-state index in [0.717, 1.165) is 0 Å². The van der Waals surface area contributed by atoms with Crippen LogP contribution in [-0.4, -0.2) is 54.9 Å². The summed E-state index contributed by atoms with van der Waals surface area (Å²) in [5, 5.41) is 9.19.